The van der Waals surface area contributed by atoms with E-state index in [2.05, 4.69) is 10.3 Å². The second kappa shape index (κ2) is 5.38. The summed E-state index contributed by atoms with van der Waals surface area (Å²) < 4.78 is 0. The molecule has 20 heavy (non-hydrogen) atoms. The largest absolute Gasteiger partial charge is 0.399 e. The first kappa shape index (κ1) is 14.1. The van der Waals surface area contributed by atoms with Gasteiger partial charge in [0.25, 0.3) is 5.91 Å². The van der Waals surface area contributed by atoms with Crippen LogP contribution in [-0.4, -0.2) is 10.9 Å². The summed E-state index contributed by atoms with van der Waals surface area (Å²) in [4.78, 5) is 15.9. The van der Waals surface area contributed by atoms with Crippen LogP contribution in [0.1, 0.15) is 21.6 Å². The number of rotatable bonds is 3. The van der Waals surface area contributed by atoms with E-state index in [1.54, 1.807) is 31.2 Å². The molecule has 0 spiro atoms. The van der Waals surface area contributed by atoms with Gasteiger partial charge in [0, 0.05) is 11.4 Å². The van der Waals surface area contributed by atoms with Crippen molar-refractivity contribution in [2.24, 2.45) is 5.73 Å². The number of anilines is 3. The number of amides is 1. The number of nitrogens with zero attached hydrogens (tertiary/aromatic N) is 1. The van der Waals surface area contributed by atoms with Gasteiger partial charge in [-0.1, -0.05) is 11.6 Å². The molecule has 5 nitrogen and oxygen atoms in total. The maximum Gasteiger partial charge on any atom is 0.252 e. The third kappa shape index (κ3) is 2.83. The first-order valence-corrected chi connectivity index (χ1v) is 6.36. The number of nitrogens with one attached hydrogen (secondary N) is 1. The lowest BCUT2D eigenvalue weighted by atomic mass is 10.1. The Morgan fingerprint density at radius 3 is 2.65 bits per heavy atom. The minimum Gasteiger partial charge on any atom is -0.399 e. The second-order valence-electron chi connectivity index (χ2n) is 4.53. The number of nitrogen functional groups attached to an aromatic ring is 1. The molecule has 104 valence electrons. The van der Waals surface area contributed by atoms with Gasteiger partial charge in [-0.3, -0.25) is 4.79 Å². The Hall–Kier alpha value is -2.27. The maximum atomic E-state index is 11.6. The van der Waals surface area contributed by atoms with Crippen molar-refractivity contribution < 1.29 is 4.79 Å². The molecular weight excluding hydrogens is 276 g/mol. The van der Waals surface area contributed by atoms with Crippen molar-refractivity contribution in [1.82, 2.24) is 4.98 Å². The highest BCUT2D eigenvalue weighted by Crippen LogP contribution is 2.29. The van der Waals surface area contributed by atoms with Crippen LogP contribution in [0.25, 0.3) is 0 Å². The molecule has 1 aromatic heterocycles. The fraction of sp³-hybridized carbons (Fsp3) is 0.143. The summed E-state index contributed by atoms with van der Waals surface area (Å²) in [6.45, 7) is 3.64. The van der Waals surface area contributed by atoms with E-state index >= 15 is 0 Å². The number of aromatic nitrogens is 1. The third-order valence-corrected chi connectivity index (χ3v) is 3.16. The van der Waals surface area contributed by atoms with Gasteiger partial charge in [0.05, 0.1) is 16.3 Å². The smallest absolute Gasteiger partial charge is 0.252 e. The van der Waals surface area contributed by atoms with E-state index in [0.29, 0.717) is 27.8 Å². The summed E-state index contributed by atoms with van der Waals surface area (Å²) in [6.07, 6.45) is 0. The quantitative estimate of drug-likeness (QED) is 0.758. The van der Waals surface area contributed by atoms with Crippen molar-refractivity contribution >= 4 is 34.7 Å². The molecule has 0 fully saturated rings. The minimum absolute atomic E-state index is 0.342. The van der Waals surface area contributed by atoms with E-state index in [0.717, 1.165) is 11.3 Å². The van der Waals surface area contributed by atoms with Gasteiger partial charge in [-0.15, -0.1) is 0 Å². The lowest BCUT2D eigenvalue weighted by Crippen LogP contribution is -2.16. The lowest BCUT2D eigenvalue weighted by Gasteiger charge is -2.14. The highest BCUT2D eigenvalue weighted by Gasteiger charge is 2.15. The van der Waals surface area contributed by atoms with E-state index < -0.39 is 5.91 Å². The van der Waals surface area contributed by atoms with Crippen LogP contribution in [0.15, 0.2) is 24.3 Å². The number of aryl methyl sites for hydroxylation is 2. The summed E-state index contributed by atoms with van der Waals surface area (Å²) in [5.41, 5.74) is 14.1. The van der Waals surface area contributed by atoms with Gasteiger partial charge in [-0.25, -0.2) is 4.98 Å². The molecule has 0 aliphatic rings. The number of pyridine rings is 1. The van der Waals surface area contributed by atoms with Gasteiger partial charge < -0.3 is 16.8 Å². The number of benzene rings is 1. The lowest BCUT2D eigenvalue weighted by molar-refractivity contribution is 0.100. The van der Waals surface area contributed by atoms with Crippen LogP contribution in [0.3, 0.4) is 0 Å². The van der Waals surface area contributed by atoms with Gasteiger partial charge in [0.1, 0.15) is 5.82 Å². The molecule has 2 rings (SSSR count). The van der Waals surface area contributed by atoms with Crippen LogP contribution in [0.4, 0.5) is 17.2 Å². The first-order chi connectivity index (χ1) is 9.38. The minimum atomic E-state index is -0.544. The van der Waals surface area contributed by atoms with Gasteiger partial charge in [-0.05, 0) is 43.7 Å². The average Bonchev–Trinajstić information content (AvgIpc) is 2.32. The van der Waals surface area contributed by atoms with Crippen molar-refractivity contribution in [3.63, 3.8) is 0 Å². The van der Waals surface area contributed by atoms with Crippen LogP contribution < -0.4 is 16.8 Å². The molecule has 0 unspecified atom stereocenters. The molecule has 1 aromatic carbocycles. The summed E-state index contributed by atoms with van der Waals surface area (Å²) in [7, 11) is 0. The van der Waals surface area contributed by atoms with Crippen LogP contribution >= 0.6 is 11.6 Å². The molecule has 5 N–H and O–H groups in total. The summed E-state index contributed by atoms with van der Waals surface area (Å²) >= 11 is 6.10. The van der Waals surface area contributed by atoms with E-state index in [-0.39, 0.29) is 0 Å². The molecule has 0 saturated carbocycles. The van der Waals surface area contributed by atoms with Crippen molar-refractivity contribution in [3.8, 4) is 0 Å². The van der Waals surface area contributed by atoms with Crippen LogP contribution in [0, 0.1) is 13.8 Å². The zero-order chi connectivity index (χ0) is 14.9. The van der Waals surface area contributed by atoms with E-state index in [1.807, 2.05) is 6.92 Å². The van der Waals surface area contributed by atoms with Gasteiger partial charge in [-0.2, -0.15) is 0 Å². The fourth-order valence-corrected chi connectivity index (χ4v) is 2.17. The number of carbonyl (C=O) groups is 1. The Morgan fingerprint density at radius 1 is 1.30 bits per heavy atom. The summed E-state index contributed by atoms with van der Waals surface area (Å²) in [6, 6.07) is 6.84. The molecule has 6 heteroatoms. The monoisotopic (exact) mass is 290 g/mol. The molecule has 0 aliphatic heterocycles. The number of carbonyl (C=O) groups excluding carboxylic acids is 1. The molecule has 0 radical (unpaired) electrons. The average molecular weight is 291 g/mol. The highest BCUT2D eigenvalue weighted by atomic mass is 35.5. The Morgan fingerprint density at radius 2 is 2.00 bits per heavy atom. The molecule has 2 aromatic rings. The first-order valence-electron chi connectivity index (χ1n) is 5.98. The molecular formula is C14H15ClN4O. The third-order valence-electron chi connectivity index (χ3n) is 2.83. The Bertz CT molecular complexity index is 685. The Labute approximate surface area is 121 Å². The number of hydrogen-bond donors (Lipinski definition) is 3. The predicted molar refractivity (Wildman–Crippen MR) is 81.4 cm³/mol. The number of nitrogens with two attached hydrogens (primary N) is 2. The second-order valence-corrected chi connectivity index (χ2v) is 4.94. The van der Waals surface area contributed by atoms with Crippen molar-refractivity contribution in [1.29, 1.82) is 0 Å². The highest BCUT2D eigenvalue weighted by molar-refractivity contribution is 6.33. The summed E-state index contributed by atoms with van der Waals surface area (Å²) in [5.74, 6) is -0.167. The predicted octanol–water partition coefficient (Wildman–Crippen LogP) is 2.78. The Kier molecular flexibility index (Phi) is 3.81. The Balaban J connectivity index is 2.53. The van der Waals surface area contributed by atoms with Crippen molar-refractivity contribution in [2.45, 2.75) is 13.8 Å². The molecule has 1 amide bonds. The zero-order valence-corrected chi connectivity index (χ0v) is 12.0. The van der Waals surface area contributed by atoms with Gasteiger partial charge in [0.15, 0.2) is 0 Å². The van der Waals surface area contributed by atoms with E-state index in [4.69, 9.17) is 23.1 Å². The van der Waals surface area contributed by atoms with Gasteiger partial charge in [0.2, 0.25) is 0 Å². The SMILES string of the molecule is Cc1cc(C)c(C(N)=O)c(Nc2cc(N)ccc2Cl)n1. The normalized spacial score (nSPS) is 10.3. The van der Waals surface area contributed by atoms with E-state index in [1.165, 1.54) is 0 Å². The number of halogens is 1. The standard InChI is InChI=1S/C14H15ClN4O/c1-7-5-8(2)18-14(12(7)13(17)20)19-11-6-9(16)3-4-10(11)15/h3-6H,16H2,1-2H3,(H2,17,20)(H,18,19). The van der Waals surface area contributed by atoms with Crippen LogP contribution in [0.2, 0.25) is 5.02 Å². The molecule has 0 bridgehead atoms. The number of hydrogen-bond acceptors (Lipinski definition) is 4. The molecule has 0 atom stereocenters. The van der Waals surface area contributed by atoms with Crippen LogP contribution in [-0.2, 0) is 0 Å². The maximum absolute atomic E-state index is 11.6. The van der Waals surface area contributed by atoms with E-state index in [9.17, 15) is 4.79 Å². The van der Waals surface area contributed by atoms with Gasteiger partial charge >= 0.3 is 0 Å². The fourth-order valence-electron chi connectivity index (χ4n) is 2.00. The molecule has 1 heterocycles. The summed E-state index contributed by atoms with van der Waals surface area (Å²) in [5, 5.41) is 3.50. The van der Waals surface area contributed by atoms with Crippen molar-refractivity contribution in [2.75, 3.05) is 11.1 Å². The van der Waals surface area contributed by atoms with Crippen molar-refractivity contribution in [3.05, 3.63) is 46.1 Å². The zero-order valence-electron chi connectivity index (χ0n) is 11.2. The molecule has 0 aliphatic carbocycles. The topological polar surface area (TPSA) is 94.0 Å². The molecule has 0 saturated heterocycles. The number of primary amides is 1. The van der Waals surface area contributed by atoms with Crippen LogP contribution in [0.5, 0.6) is 0 Å².